The lowest BCUT2D eigenvalue weighted by Crippen LogP contribution is -2.17. The van der Waals surface area contributed by atoms with E-state index in [9.17, 15) is 0 Å². The molecule has 0 bridgehead atoms. The van der Waals surface area contributed by atoms with Crippen molar-refractivity contribution < 1.29 is 4.42 Å². The Labute approximate surface area is 105 Å². The fourth-order valence-electron chi connectivity index (χ4n) is 1.68. The van der Waals surface area contributed by atoms with Gasteiger partial charge in [0.25, 0.3) is 0 Å². The van der Waals surface area contributed by atoms with Gasteiger partial charge in [0.1, 0.15) is 5.01 Å². The van der Waals surface area contributed by atoms with Gasteiger partial charge in [0.05, 0.1) is 18.2 Å². The average molecular weight is 251 g/mol. The molecule has 0 radical (unpaired) electrons. The molecule has 2 aromatic heterocycles. The highest BCUT2D eigenvalue weighted by atomic mass is 32.1. The molecule has 0 amide bonds. The molecule has 5 heteroatoms. The normalized spacial score (nSPS) is 11.2. The average Bonchev–Trinajstić information content (AvgIpc) is 2.91. The van der Waals surface area contributed by atoms with Crippen molar-refractivity contribution in [3.8, 4) is 0 Å². The van der Waals surface area contributed by atoms with Crippen molar-refractivity contribution >= 4 is 11.3 Å². The number of nitrogens with zero attached hydrogens (tertiary/aromatic N) is 2. The summed E-state index contributed by atoms with van der Waals surface area (Å²) in [5, 5.41) is 6.37. The van der Waals surface area contributed by atoms with E-state index in [1.165, 1.54) is 5.56 Å². The van der Waals surface area contributed by atoms with Crippen LogP contribution < -0.4 is 5.32 Å². The summed E-state index contributed by atoms with van der Waals surface area (Å²) in [5.41, 5.74) is 2.32. The van der Waals surface area contributed by atoms with Gasteiger partial charge in [0.15, 0.2) is 0 Å². The molecule has 0 spiro atoms. The molecule has 4 nitrogen and oxygen atoms in total. The lowest BCUT2D eigenvalue weighted by Gasteiger charge is -2.13. The van der Waals surface area contributed by atoms with Gasteiger partial charge in [-0.2, -0.15) is 0 Å². The van der Waals surface area contributed by atoms with Crippen molar-refractivity contribution in [3.63, 3.8) is 0 Å². The number of aromatic nitrogens is 1. The van der Waals surface area contributed by atoms with E-state index in [1.807, 2.05) is 13.1 Å². The van der Waals surface area contributed by atoms with Crippen LogP contribution in [0.1, 0.15) is 16.3 Å². The molecular formula is C12H17N3OS. The number of hydrogen-bond donors (Lipinski definition) is 1. The SMILES string of the molecule is CNCc1nc(CN(C)Cc2ccoc2)cs1. The third-order valence-corrected chi connectivity index (χ3v) is 3.29. The second-order valence-corrected chi connectivity index (χ2v) is 5.01. The lowest BCUT2D eigenvalue weighted by atomic mass is 10.3. The number of thiazole rings is 1. The smallest absolute Gasteiger partial charge is 0.107 e. The zero-order valence-electron chi connectivity index (χ0n) is 10.1. The Kier molecular flexibility index (Phi) is 4.30. The summed E-state index contributed by atoms with van der Waals surface area (Å²) in [6.07, 6.45) is 3.49. The van der Waals surface area contributed by atoms with Gasteiger partial charge in [0.2, 0.25) is 0 Å². The molecule has 2 rings (SSSR count). The van der Waals surface area contributed by atoms with E-state index in [0.717, 1.165) is 30.3 Å². The first-order chi connectivity index (χ1) is 8.28. The molecule has 2 heterocycles. The molecule has 1 N–H and O–H groups in total. The zero-order chi connectivity index (χ0) is 12.1. The molecule has 0 atom stereocenters. The van der Waals surface area contributed by atoms with E-state index in [0.29, 0.717) is 0 Å². The Morgan fingerprint density at radius 1 is 1.47 bits per heavy atom. The Balaban J connectivity index is 1.86. The molecule has 0 saturated heterocycles. The van der Waals surface area contributed by atoms with E-state index in [1.54, 1.807) is 23.9 Å². The van der Waals surface area contributed by atoms with E-state index in [-0.39, 0.29) is 0 Å². The fraction of sp³-hybridized carbons (Fsp3) is 0.417. The van der Waals surface area contributed by atoms with Crippen LogP contribution in [0.2, 0.25) is 0 Å². The molecular weight excluding hydrogens is 234 g/mol. The van der Waals surface area contributed by atoms with E-state index in [4.69, 9.17) is 4.42 Å². The second-order valence-electron chi connectivity index (χ2n) is 4.07. The van der Waals surface area contributed by atoms with Gasteiger partial charge in [-0.3, -0.25) is 4.90 Å². The lowest BCUT2D eigenvalue weighted by molar-refractivity contribution is 0.314. The maximum absolute atomic E-state index is 5.05. The van der Waals surface area contributed by atoms with Crippen LogP contribution in [0.3, 0.4) is 0 Å². The van der Waals surface area contributed by atoms with Gasteiger partial charge < -0.3 is 9.73 Å². The minimum absolute atomic E-state index is 0.843. The molecule has 17 heavy (non-hydrogen) atoms. The number of hydrogen-bond acceptors (Lipinski definition) is 5. The number of nitrogens with one attached hydrogen (secondary N) is 1. The largest absolute Gasteiger partial charge is 0.472 e. The van der Waals surface area contributed by atoms with Crippen LogP contribution >= 0.6 is 11.3 Å². The maximum Gasteiger partial charge on any atom is 0.107 e. The summed E-state index contributed by atoms with van der Waals surface area (Å²) in [5.74, 6) is 0. The van der Waals surface area contributed by atoms with Crippen molar-refractivity contribution in [1.29, 1.82) is 0 Å². The summed E-state index contributed by atoms with van der Waals surface area (Å²) in [6.45, 7) is 2.59. The third kappa shape index (κ3) is 3.66. The molecule has 2 aromatic rings. The highest BCUT2D eigenvalue weighted by Gasteiger charge is 2.06. The summed E-state index contributed by atoms with van der Waals surface area (Å²) in [6, 6.07) is 1.99. The third-order valence-electron chi connectivity index (χ3n) is 2.39. The van der Waals surface area contributed by atoms with Crippen molar-refractivity contribution in [2.75, 3.05) is 14.1 Å². The van der Waals surface area contributed by atoms with Gasteiger partial charge in [-0.1, -0.05) is 0 Å². The van der Waals surface area contributed by atoms with Crippen molar-refractivity contribution in [1.82, 2.24) is 15.2 Å². The number of rotatable bonds is 6. The Bertz CT molecular complexity index is 438. The Morgan fingerprint density at radius 2 is 2.35 bits per heavy atom. The molecule has 0 fully saturated rings. The van der Waals surface area contributed by atoms with Crippen LogP contribution in [0.4, 0.5) is 0 Å². The number of furan rings is 1. The summed E-state index contributed by atoms with van der Waals surface area (Å²) in [7, 11) is 4.02. The molecule has 0 aliphatic carbocycles. The quantitative estimate of drug-likeness (QED) is 0.853. The molecule has 0 saturated carbocycles. The minimum atomic E-state index is 0.843. The van der Waals surface area contributed by atoms with Gasteiger partial charge in [-0.15, -0.1) is 11.3 Å². The standard InChI is InChI=1S/C12H17N3OS/c1-13-5-12-14-11(9-17-12)7-15(2)6-10-3-4-16-8-10/h3-4,8-9,13H,5-7H2,1-2H3. The van der Waals surface area contributed by atoms with Gasteiger partial charge >= 0.3 is 0 Å². The molecule has 0 unspecified atom stereocenters. The maximum atomic E-state index is 5.05. The van der Waals surface area contributed by atoms with E-state index >= 15 is 0 Å². The Morgan fingerprint density at radius 3 is 3.06 bits per heavy atom. The Hall–Kier alpha value is -1.17. The minimum Gasteiger partial charge on any atom is -0.472 e. The van der Waals surface area contributed by atoms with Crippen molar-refractivity contribution in [2.24, 2.45) is 0 Å². The van der Waals surface area contributed by atoms with Crippen LogP contribution in [0, 0.1) is 0 Å². The van der Waals surface area contributed by atoms with Crippen molar-refractivity contribution in [2.45, 2.75) is 19.6 Å². The van der Waals surface area contributed by atoms with Crippen LogP contribution in [-0.4, -0.2) is 24.0 Å². The second kappa shape index (κ2) is 5.95. The molecule has 0 aliphatic heterocycles. The summed E-state index contributed by atoms with van der Waals surface area (Å²) in [4.78, 5) is 6.79. The van der Waals surface area contributed by atoms with Crippen LogP contribution in [0.25, 0.3) is 0 Å². The van der Waals surface area contributed by atoms with Gasteiger partial charge in [-0.05, 0) is 20.2 Å². The predicted octanol–water partition coefficient (Wildman–Crippen LogP) is 2.09. The van der Waals surface area contributed by atoms with Crippen LogP contribution in [-0.2, 0) is 19.6 Å². The fourth-order valence-corrected chi connectivity index (χ4v) is 2.48. The molecule has 0 aliphatic rings. The summed E-state index contributed by atoms with van der Waals surface area (Å²) < 4.78 is 5.05. The highest BCUT2D eigenvalue weighted by Crippen LogP contribution is 2.12. The van der Waals surface area contributed by atoms with Gasteiger partial charge in [-0.25, -0.2) is 4.98 Å². The summed E-state index contributed by atoms with van der Waals surface area (Å²) >= 11 is 1.71. The zero-order valence-corrected chi connectivity index (χ0v) is 11.0. The predicted molar refractivity (Wildman–Crippen MR) is 68.8 cm³/mol. The molecule has 0 aromatic carbocycles. The van der Waals surface area contributed by atoms with Gasteiger partial charge in [0, 0.05) is 30.6 Å². The molecule has 92 valence electrons. The van der Waals surface area contributed by atoms with Crippen molar-refractivity contribution in [3.05, 3.63) is 40.2 Å². The van der Waals surface area contributed by atoms with Crippen LogP contribution in [0.5, 0.6) is 0 Å². The van der Waals surface area contributed by atoms with E-state index < -0.39 is 0 Å². The topological polar surface area (TPSA) is 41.3 Å². The monoisotopic (exact) mass is 251 g/mol. The first kappa shape index (κ1) is 12.3. The van der Waals surface area contributed by atoms with E-state index in [2.05, 4.69) is 27.6 Å². The highest BCUT2D eigenvalue weighted by molar-refractivity contribution is 7.09. The van der Waals surface area contributed by atoms with Crippen LogP contribution in [0.15, 0.2) is 28.4 Å². The first-order valence-electron chi connectivity index (χ1n) is 5.55. The first-order valence-corrected chi connectivity index (χ1v) is 6.43.